The fourth-order valence-electron chi connectivity index (χ4n) is 2.87. The third kappa shape index (κ3) is 3.46. The number of hydrogen-bond acceptors (Lipinski definition) is 6. The molecule has 2 N–H and O–H groups in total. The quantitative estimate of drug-likeness (QED) is 0.805. The first-order valence-corrected chi connectivity index (χ1v) is 10.5. The Morgan fingerprint density at radius 2 is 1.75 bits per heavy atom. The Morgan fingerprint density at radius 3 is 2.25 bits per heavy atom. The number of amides is 2. The van der Waals surface area contributed by atoms with Crippen LogP contribution >= 0.6 is 11.3 Å². The van der Waals surface area contributed by atoms with E-state index in [1.54, 1.807) is 6.92 Å². The number of rotatable bonds is 4. The van der Waals surface area contributed by atoms with E-state index in [4.69, 9.17) is 0 Å². The van der Waals surface area contributed by atoms with Gasteiger partial charge >= 0.3 is 0 Å². The molecule has 0 aromatic carbocycles. The van der Waals surface area contributed by atoms with Crippen molar-refractivity contribution in [2.75, 3.05) is 11.5 Å². The maximum atomic E-state index is 12.4. The SMILES string of the molecule is Cc1nc(C)c(C(=O)N[C@@H]2CS(=O)(=O)C[C@H]2NC(=O)C2(C)CC2)s1. The number of sulfone groups is 1. The van der Waals surface area contributed by atoms with E-state index in [2.05, 4.69) is 15.6 Å². The second-order valence-electron chi connectivity index (χ2n) is 6.94. The van der Waals surface area contributed by atoms with Crippen LogP contribution in [-0.4, -0.2) is 48.8 Å². The van der Waals surface area contributed by atoms with Crippen LogP contribution in [0.1, 0.15) is 40.1 Å². The van der Waals surface area contributed by atoms with E-state index in [1.807, 2.05) is 13.8 Å². The van der Waals surface area contributed by atoms with Gasteiger partial charge in [-0.25, -0.2) is 13.4 Å². The number of thiazole rings is 1. The molecule has 0 spiro atoms. The van der Waals surface area contributed by atoms with Crippen LogP contribution in [0.2, 0.25) is 0 Å². The number of hydrogen-bond donors (Lipinski definition) is 2. The Balaban J connectivity index is 1.73. The molecule has 0 bridgehead atoms. The topological polar surface area (TPSA) is 105 Å². The number of aryl methyl sites for hydroxylation is 2. The summed E-state index contributed by atoms with van der Waals surface area (Å²) in [4.78, 5) is 29.4. The summed E-state index contributed by atoms with van der Waals surface area (Å²) in [6.07, 6.45) is 1.63. The van der Waals surface area contributed by atoms with E-state index in [0.29, 0.717) is 10.6 Å². The molecule has 24 heavy (non-hydrogen) atoms. The summed E-state index contributed by atoms with van der Waals surface area (Å²) in [6, 6.07) is -1.20. The molecule has 2 aliphatic rings. The van der Waals surface area contributed by atoms with Crippen LogP contribution in [0.25, 0.3) is 0 Å². The molecule has 7 nitrogen and oxygen atoms in total. The number of nitrogens with one attached hydrogen (secondary N) is 2. The van der Waals surface area contributed by atoms with Crippen molar-refractivity contribution < 1.29 is 18.0 Å². The maximum Gasteiger partial charge on any atom is 0.263 e. The predicted octanol–water partition coefficient (Wildman–Crippen LogP) is 0.572. The molecule has 0 radical (unpaired) electrons. The Kier molecular flexibility index (Phi) is 4.19. The zero-order valence-electron chi connectivity index (χ0n) is 13.9. The van der Waals surface area contributed by atoms with E-state index in [1.165, 1.54) is 11.3 Å². The third-order valence-electron chi connectivity index (χ3n) is 4.64. The van der Waals surface area contributed by atoms with E-state index >= 15 is 0 Å². The lowest BCUT2D eigenvalue weighted by atomic mass is 10.1. The minimum atomic E-state index is -3.29. The highest BCUT2D eigenvalue weighted by molar-refractivity contribution is 7.91. The summed E-state index contributed by atoms with van der Waals surface area (Å²) < 4.78 is 23.9. The van der Waals surface area contributed by atoms with Crippen LogP contribution < -0.4 is 10.6 Å². The first-order valence-electron chi connectivity index (χ1n) is 7.86. The van der Waals surface area contributed by atoms with Gasteiger partial charge in [0.15, 0.2) is 9.84 Å². The largest absolute Gasteiger partial charge is 0.350 e. The smallest absolute Gasteiger partial charge is 0.263 e. The van der Waals surface area contributed by atoms with Crippen LogP contribution in [0.4, 0.5) is 0 Å². The molecule has 1 aliphatic carbocycles. The van der Waals surface area contributed by atoms with E-state index < -0.39 is 21.9 Å². The molecule has 2 heterocycles. The molecule has 1 aliphatic heterocycles. The van der Waals surface area contributed by atoms with Crippen molar-refractivity contribution in [3.8, 4) is 0 Å². The molecule has 2 fully saturated rings. The second kappa shape index (κ2) is 5.80. The van der Waals surface area contributed by atoms with Crippen molar-refractivity contribution in [1.29, 1.82) is 0 Å². The average Bonchev–Trinajstić information content (AvgIpc) is 3.03. The molecule has 1 saturated heterocycles. The standard InChI is InChI=1S/C15H21N3O4S2/c1-8-12(23-9(2)16-8)13(19)17-10-6-24(21,22)7-11(10)18-14(20)15(3)4-5-15/h10-11H,4-7H2,1-3H3,(H,17,19)(H,18,20)/t10-,11-/m1/s1. The number of carbonyl (C=O) groups is 2. The number of aromatic nitrogens is 1. The molecule has 132 valence electrons. The molecular weight excluding hydrogens is 350 g/mol. The normalized spacial score (nSPS) is 26.8. The zero-order valence-corrected chi connectivity index (χ0v) is 15.5. The van der Waals surface area contributed by atoms with Gasteiger partial charge in [-0.3, -0.25) is 9.59 Å². The van der Waals surface area contributed by atoms with Crippen LogP contribution in [0.5, 0.6) is 0 Å². The minimum absolute atomic E-state index is 0.131. The van der Waals surface area contributed by atoms with E-state index in [0.717, 1.165) is 17.8 Å². The third-order valence-corrected chi connectivity index (χ3v) is 7.45. The van der Waals surface area contributed by atoms with Gasteiger partial charge in [0.05, 0.1) is 34.3 Å². The van der Waals surface area contributed by atoms with Crippen molar-refractivity contribution in [3.63, 3.8) is 0 Å². The number of carbonyl (C=O) groups excluding carboxylic acids is 2. The van der Waals surface area contributed by atoms with Gasteiger partial charge in [0.1, 0.15) is 4.88 Å². The molecular formula is C15H21N3O4S2. The second-order valence-corrected chi connectivity index (χ2v) is 10.3. The molecule has 3 rings (SSSR count). The summed E-state index contributed by atoms with van der Waals surface area (Å²) in [5.41, 5.74) is 0.244. The van der Waals surface area contributed by atoms with Gasteiger partial charge in [-0.05, 0) is 26.7 Å². The fourth-order valence-corrected chi connectivity index (χ4v) is 5.55. The summed E-state index contributed by atoms with van der Waals surface area (Å²) in [5.74, 6) is -0.761. The van der Waals surface area contributed by atoms with Gasteiger partial charge in [-0.1, -0.05) is 6.92 Å². The molecule has 1 aromatic rings. The van der Waals surface area contributed by atoms with Crippen molar-refractivity contribution >= 4 is 33.0 Å². The Labute approximate surface area is 145 Å². The summed E-state index contributed by atoms with van der Waals surface area (Å²) >= 11 is 1.28. The summed E-state index contributed by atoms with van der Waals surface area (Å²) in [6.45, 7) is 5.42. The first-order chi connectivity index (χ1) is 11.1. The first kappa shape index (κ1) is 17.3. The van der Waals surface area contributed by atoms with Crippen molar-refractivity contribution in [3.05, 3.63) is 15.6 Å². The van der Waals surface area contributed by atoms with Gasteiger partial charge in [0.2, 0.25) is 5.91 Å². The molecule has 9 heteroatoms. The lowest BCUT2D eigenvalue weighted by Crippen LogP contribution is -2.52. The monoisotopic (exact) mass is 371 g/mol. The Morgan fingerprint density at radius 1 is 1.17 bits per heavy atom. The molecule has 2 atom stereocenters. The fraction of sp³-hybridized carbons (Fsp3) is 0.667. The molecule has 2 amide bonds. The lowest BCUT2D eigenvalue weighted by molar-refractivity contribution is -0.126. The van der Waals surface area contributed by atoms with E-state index in [-0.39, 0.29) is 28.7 Å². The van der Waals surface area contributed by atoms with Crippen molar-refractivity contribution in [1.82, 2.24) is 15.6 Å². The van der Waals surface area contributed by atoms with Crippen LogP contribution in [-0.2, 0) is 14.6 Å². The maximum absolute atomic E-state index is 12.4. The van der Waals surface area contributed by atoms with Crippen molar-refractivity contribution in [2.24, 2.45) is 5.41 Å². The summed E-state index contributed by atoms with van der Waals surface area (Å²) in [7, 11) is -3.29. The van der Waals surface area contributed by atoms with Gasteiger partial charge in [-0.15, -0.1) is 11.3 Å². The number of nitrogens with zero attached hydrogens (tertiary/aromatic N) is 1. The molecule has 1 aromatic heterocycles. The average molecular weight is 371 g/mol. The van der Waals surface area contributed by atoms with Gasteiger partial charge in [-0.2, -0.15) is 0 Å². The van der Waals surface area contributed by atoms with Crippen molar-refractivity contribution in [2.45, 2.75) is 45.7 Å². The van der Waals surface area contributed by atoms with Gasteiger partial charge in [0.25, 0.3) is 5.91 Å². The lowest BCUT2D eigenvalue weighted by Gasteiger charge is -2.22. The highest BCUT2D eigenvalue weighted by Crippen LogP contribution is 2.45. The highest BCUT2D eigenvalue weighted by atomic mass is 32.2. The highest BCUT2D eigenvalue weighted by Gasteiger charge is 2.48. The zero-order chi connectivity index (χ0) is 17.7. The molecule has 0 unspecified atom stereocenters. The van der Waals surface area contributed by atoms with Crippen LogP contribution in [0, 0.1) is 19.3 Å². The Bertz CT molecular complexity index is 796. The van der Waals surface area contributed by atoms with Gasteiger partial charge in [0, 0.05) is 5.41 Å². The van der Waals surface area contributed by atoms with Gasteiger partial charge < -0.3 is 10.6 Å². The minimum Gasteiger partial charge on any atom is -0.350 e. The van der Waals surface area contributed by atoms with Crippen LogP contribution in [0.15, 0.2) is 0 Å². The summed E-state index contributed by atoms with van der Waals surface area (Å²) in [5, 5.41) is 6.37. The van der Waals surface area contributed by atoms with E-state index in [9.17, 15) is 18.0 Å². The van der Waals surface area contributed by atoms with Crippen LogP contribution in [0.3, 0.4) is 0 Å². The Hall–Kier alpha value is -1.48. The molecule has 1 saturated carbocycles. The predicted molar refractivity (Wildman–Crippen MR) is 90.8 cm³/mol.